The zero-order valence-electron chi connectivity index (χ0n) is 21.8. The minimum absolute atomic E-state index is 0.0918. The van der Waals surface area contributed by atoms with Gasteiger partial charge in [0, 0.05) is 45.2 Å². The van der Waals surface area contributed by atoms with E-state index >= 15 is 0 Å². The minimum atomic E-state index is -3.65. The molecule has 0 aromatic heterocycles. The number of nitrogens with zero attached hydrogens (tertiary/aromatic N) is 3. The van der Waals surface area contributed by atoms with Crippen molar-refractivity contribution in [3.63, 3.8) is 0 Å². The van der Waals surface area contributed by atoms with Crippen LogP contribution in [0.2, 0.25) is 0 Å². The lowest BCUT2D eigenvalue weighted by Gasteiger charge is -2.38. The Hall–Kier alpha value is -2.58. The van der Waals surface area contributed by atoms with E-state index in [4.69, 9.17) is 4.74 Å². The molecule has 2 aliphatic heterocycles. The summed E-state index contributed by atoms with van der Waals surface area (Å²) in [7, 11) is -2.05. The standard InChI is InChI=1S/C28H39N3O4S/c1-4-6-9-22(5-2)28(32)30-18-16-29(17-19-30)26-20-25(12-13-27(26)35-3)36(33,34)31-15-14-23-10-7-8-11-24(23)21-31/h7-8,10-13,20,22H,4-6,9,14-19,21H2,1-3H3. The Balaban J connectivity index is 1.49. The van der Waals surface area contributed by atoms with Gasteiger partial charge in [-0.2, -0.15) is 4.31 Å². The number of sulfonamides is 1. The number of rotatable bonds is 9. The van der Waals surface area contributed by atoms with E-state index in [0.717, 1.165) is 36.9 Å². The first-order valence-electron chi connectivity index (χ1n) is 13.2. The molecule has 0 spiro atoms. The van der Waals surface area contributed by atoms with Gasteiger partial charge in [-0.15, -0.1) is 0 Å². The molecule has 2 aromatic rings. The van der Waals surface area contributed by atoms with Gasteiger partial charge < -0.3 is 14.5 Å². The summed E-state index contributed by atoms with van der Waals surface area (Å²) >= 11 is 0. The summed E-state index contributed by atoms with van der Waals surface area (Å²) in [4.78, 5) is 17.4. The van der Waals surface area contributed by atoms with E-state index in [-0.39, 0.29) is 16.7 Å². The molecule has 2 heterocycles. The van der Waals surface area contributed by atoms with Crippen molar-refractivity contribution in [3.05, 3.63) is 53.6 Å². The number of fused-ring (bicyclic) bond motifs is 1. The molecule has 2 aromatic carbocycles. The highest BCUT2D eigenvalue weighted by atomic mass is 32.2. The molecular formula is C28H39N3O4S. The summed E-state index contributed by atoms with van der Waals surface area (Å²) in [6.07, 6.45) is 4.70. The van der Waals surface area contributed by atoms with Crippen LogP contribution in [-0.4, -0.2) is 63.4 Å². The molecule has 1 amide bonds. The van der Waals surface area contributed by atoms with Crippen LogP contribution in [0.5, 0.6) is 5.75 Å². The van der Waals surface area contributed by atoms with Crippen LogP contribution in [0.25, 0.3) is 0 Å². The number of hydrogen-bond acceptors (Lipinski definition) is 5. The first-order chi connectivity index (χ1) is 17.4. The molecule has 1 unspecified atom stereocenters. The maximum atomic E-state index is 13.6. The van der Waals surface area contributed by atoms with Gasteiger partial charge in [-0.25, -0.2) is 8.42 Å². The van der Waals surface area contributed by atoms with Crippen LogP contribution in [0.15, 0.2) is 47.4 Å². The van der Waals surface area contributed by atoms with Crippen molar-refractivity contribution in [2.45, 2.75) is 57.4 Å². The number of benzene rings is 2. The first kappa shape index (κ1) is 26.5. The van der Waals surface area contributed by atoms with Gasteiger partial charge in [-0.1, -0.05) is 51.0 Å². The molecule has 1 saturated heterocycles. The van der Waals surface area contributed by atoms with Crippen LogP contribution in [0, 0.1) is 5.92 Å². The molecule has 0 radical (unpaired) electrons. The number of anilines is 1. The molecule has 0 saturated carbocycles. The zero-order valence-corrected chi connectivity index (χ0v) is 22.6. The third-order valence-electron chi connectivity index (χ3n) is 7.56. The summed E-state index contributed by atoms with van der Waals surface area (Å²) in [5.74, 6) is 0.987. The van der Waals surface area contributed by atoms with Gasteiger partial charge in [0.1, 0.15) is 5.75 Å². The van der Waals surface area contributed by atoms with Crippen molar-refractivity contribution in [2.24, 2.45) is 5.92 Å². The van der Waals surface area contributed by atoms with Crippen LogP contribution in [0.1, 0.15) is 50.7 Å². The second-order valence-corrected chi connectivity index (χ2v) is 11.7. The Morgan fingerprint density at radius 1 is 1.00 bits per heavy atom. The van der Waals surface area contributed by atoms with Gasteiger partial charge in [0.2, 0.25) is 15.9 Å². The number of unbranched alkanes of at least 4 members (excludes halogenated alkanes) is 1. The number of hydrogen-bond donors (Lipinski definition) is 0. The Morgan fingerprint density at radius 2 is 1.72 bits per heavy atom. The Labute approximate surface area is 216 Å². The number of amides is 1. The van der Waals surface area contributed by atoms with Gasteiger partial charge in [0.05, 0.1) is 17.7 Å². The van der Waals surface area contributed by atoms with Crippen LogP contribution in [0.4, 0.5) is 5.69 Å². The Bertz CT molecular complexity index is 1160. The lowest BCUT2D eigenvalue weighted by Crippen LogP contribution is -2.50. The second kappa shape index (κ2) is 11.6. The molecule has 2 aliphatic rings. The minimum Gasteiger partial charge on any atom is -0.495 e. The highest BCUT2D eigenvalue weighted by Crippen LogP contribution is 2.34. The normalized spacial score (nSPS) is 17.5. The number of piperazine rings is 1. The number of methoxy groups -OCH3 is 1. The molecule has 7 nitrogen and oxygen atoms in total. The SMILES string of the molecule is CCCCC(CC)C(=O)N1CCN(c2cc(S(=O)(=O)N3CCc4ccccc4C3)ccc2OC)CC1. The fraction of sp³-hybridized carbons (Fsp3) is 0.536. The number of carbonyl (C=O) groups is 1. The van der Waals surface area contributed by atoms with Crippen LogP contribution in [-0.2, 0) is 27.8 Å². The number of carbonyl (C=O) groups excluding carboxylic acids is 1. The van der Waals surface area contributed by atoms with E-state index in [9.17, 15) is 13.2 Å². The Morgan fingerprint density at radius 3 is 2.39 bits per heavy atom. The fourth-order valence-corrected chi connectivity index (χ4v) is 6.72. The smallest absolute Gasteiger partial charge is 0.243 e. The molecule has 0 bridgehead atoms. The van der Waals surface area contributed by atoms with Gasteiger partial charge in [0.25, 0.3) is 0 Å². The van der Waals surface area contributed by atoms with Gasteiger partial charge in [-0.3, -0.25) is 4.79 Å². The topological polar surface area (TPSA) is 70.2 Å². The molecule has 1 atom stereocenters. The van der Waals surface area contributed by atoms with E-state index in [2.05, 4.69) is 24.8 Å². The monoisotopic (exact) mass is 513 g/mol. The number of ether oxygens (including phenoxy) is 1. The van der Waals surface area contributed by atoms with Crippen LogP contribution < -0.4 is 9.64 Å². The predicted molar refractivity (Wildman–Crippen MR) is 143 cm³/mol. The van der Waals surface area contributed by atoms with Gasteiger partial charge in [-0.05, 0) is 48.6 Å². The summed E-state index contributed by atoms with van der Waals surface area (Å²) in [5.41, 5.74) is 3.04. The van der Waals surface area contributed by atoms with Crippen molar-refractivity contribution >= 4 is 21.6 Å². The summed E-state index contributed by atoms with van der Waals surface area (Å²) in [5, 5.41) is 0. The van der Waals surface area contributed by atoms with Gasteiger partial charge in [0.15, 0.2) is 0 Å². The average molecular weight is 514 g/mol. The van der Waals surface area contributed by atoms with Gasteiger partial charge >= 0.3 is 0 Å². The van der Waals surface area contributed by atoms with Crippen molar-refractivity contribution in [1.82, 2.24) is 9.21 Å². The Kier molecular flexibility index (Phi) is 8.57. The second-order valence-electron chi connectivity index (χ2n) is 9.75. The predicted octanol–water partition coefficient (Wildman–Crippen LogP) is 4.31. The van der Waals surface area contributed by atoms with Crippen molar-refractivity contribution < 1.29 is 17.9 Å². The van der Waals surface area contributed by atoms with Crippen LogP contribution in [0.3, 0.4) is 0 Å². The summed E-state index contributed by atoms with van der Waals surface area (Å²) in [6.45, 7) is 7.65. The summed E-state index contributed by atoms with van der Waals surface area (Å²) in [6, 6.07) is 13.1. The van der Waals surface area contributed by atoms with Crippen molar-refractivity contribution in [1.29, 1.82) is 0 Å². The fourth-order valence-electron chi connectivity index (χ4n) is 5.28. The summed E-state index contributed by atoms with van der Waals surface area (Å²) < 4.78 is 34.3. The molecule has 1 fully saturated rings. The largest absolute Gasteiger partial charge is 0.495 e. The van der Waals surface area contributed by atoms with Crippen molar-refractivity contribution in [2.75, 3.05) is 44.7 Å². The average Bonchev–Trinajstić information content (AvgIpc) is 2.92. The third-order valence-corrected chi connectivity index (χ3v) is 9.41. The van der Waals surface area contributed by atoms with E-state index in [1.807, 2.05) is 23.1 Å². The van der Waals surface area contributed by atoms with E-state index in [1.54, 1.807) is 29.6 Å². The molecular weight excluding hydrogens is 474 g/mol. The molecule has 196 valence electrons. The van der Waals surface area contributed by atoms with Crippen molar-refractivity contribution in [3.8, 4) is 5.75 Å². The van der Waals surface area contributed by atoms with Crippen LogP contribution >= 0.6 is 0 Å². The molecule has 0 N–H and O–H groups in total. The molecule has 36 heavy (non-hydrogen) atoms. The quantitative estimate of drug-likeness (QED) is 0.500. The highest BCUT2D eigenvalue weighted by molar-refractivity contribution is 7.89. The third kappa shape index (κ3) is 5.54. The molecule has 8 heteroatoms. The lowest BCUT2D eigenvalue weighted by atomic mass is 9.97. The molecule has 0 aliphatic carbocycles. The molecule has 4 rings (SSSR count). The van der Waals surface area contributed by atoms with E-state index < -0.39 is 10.0 Å². The van der Waals surface area contributed by atoms with E-state index in [1.165, 1.54) is 5.56 Å². The zero-order chi connectivity index (χ0) is 25.7. The maximum absolute atomic E-state index is 13.6. The van der Waals surface area contributed by atoms with E-state index in [0.29, 0.717) is 51.4 Å². The first-order valence-corrected chi connectivity index (χ1v) is 14.6. The lowest BCUT2D eigenvalue weighted by molar-refractivity contribution is -0.136. The maximum Gasteiger partial charge on any atom is 0.243 e. The highest BCUT2D eigenvalue weighted by Gasteiger charge is 2.31.